The van der Waals surface area contributed by atoms with E-state index in [2.05, 4.69) is 20.8 Å². The van der Waals surface area contributed by atoms with Crippen molar-refractivity contribution in [1.29, 1.82) is 0 Å². The van der Waals surface area contributed by atoms with Crippen molar-refractivity contribution in [3.05, 3.63) is 35.1 Å². The number of Topliss-reactive ketones (excluding diaryl/α,β-unsaturated/α-hetero) is 1. The largest absolute Gasteiger partial charge is 0.324 e. The van der Waals surface area contributed by atoms with Crippen LogP contribution in [-0.4, -0.2) is 12.3 Å². The normalized spacial score (nSPS) is 11.0. The lowest BCUT2D eigenvalue weighted by Gasteiger charge is -2.01. The standard InChI is InChI=1S/C8H9F.C6H13NO.C5H12/c1-6-3-4-8(9)7(2)5-6;1-3-5(2)6(8)4-7;1-4-5(2)3/h3-5H,1-2H3;5H,3-4,7H2,1-2H3;5H,4H2,1-3H3. The fourth-order valence-corrected chi connectivity index (χ4v) is 1.22. The molecule has 1 rings (SSSR count). The maximum Gasteiger partial charge on any atom is 0.149 e. The van der Waals surface area contributed by atoms with Crippen LogP contribution in [-0.2, 0) is 4.79 Å². The van der Waals surface area contributed by atoms with Gasteiger partial charge in [-0.25, -0.2) is 4.39 Å². The highest BCUT2D eigenvalue weighted by Gasteiger charge is 2.06. The second-order valence-electron chi connectivity index (χ2n) is 6.03. The van der Waals surface area contributed by atoms with E-state index in [0.717, 1.165) is 23.5 Å². The number of benzene rings is 1. The molecular formula is C19H34FNO. The fourth-order valence-electron chi connectivity index (χ4n) is 1.22. The Hall–Kier alpha value is -1.22. The first-order chi connectivity index (χ1) is 10.2. The maximum atomic E-state index is 12.5. The van der Waals surface area contributed by atoms with Gasteiger partial charge in [-0.3, -0.25) is 4.79 Å². The van der Waals surface area contributed by atoms with Crippen molar-refractivity contribution < 1.29 is 9.18 Å². The first-order valence-electron chi connectivity index (χ1n) is 8.14. The highest BCUT2D eigenvalue weighted by atomic mass is 19.1. The van der Waals surface area contributed by atoms with Crippen molar-refractivity contribution in [2.75, 3.05) is 6.54 Å². The molecule has 0 aliphatic heterocycles. The second-order valence-corrected chi connectivity index (χ2v) is 6.03. The number of hydrogen-bond acceptors (Lipinski definition) is 2. The molecule has 1 atom stereocenters. The average molecular weight is 311 g/mol. The predicted octanol–water partition coefficient (Wildman–Crippen LogP) is 5.06. The monoisotopic (exact) mass is 311 g/mol. The molecule has 22 heavy (non-hydrogen) atoms. The third-order valence-electron chi connectivity index (χ3n) is 3.49. The van der Waals surface area contributed by atoms with E-state index in [1.807, 2.05) is 26.8 Å². The smallest absolute Gasteiger partial charge is 0.149 e. The number of ketones is 1. The van der Waals surface area contributed by atoms with E-state index in [9.17, 15) is 9.18 Å². The number of halogens is 1. The molecule has 1 unspecified atom stereocenters. The summed E-state index contributed by atoms with van der Waals surface area (Å²) in [7, 11) is 0. The highest BCUT2D eigenvalue weighted by molar-refractivity contribution is 5.82. The molecule has 3 heteroatoms. The Kier molecular flexibility index (Phi) is 14.1. The summed E-state index contributed by atoms with van der Waals surface area (Å²) in [4.78, 5) is 10.6. The molecule has 0 amide bonds. The van der Waals surface area contributed by atoms with Gasteiger partial charge < -0.3 is 5.73 Å². The van der Waals surface area contributed by atoms with Gasteiger partial charge in [0.2, 0.25) is 0 Å². The summed E-state index contributed by atoms with van der Waals surface area (Å²) in [6.45, 7) is 14.4. The maximum absolute atomic E-state index is 12.5. The van der Waals surface area contributed by atoms with Crippen molar-refractivity contribution in [3.8, 4) is 0 Å². The van der Waals surface area contributed by atoms with Gasteiger partial charge in [0.25, 0.3) is 0 Å². The van der Waals surface area contributed by atoms with E-state index < -0.39 is 0 Å². The Morgan fingerprint density at radius 1 is 1.14 bits per heavy atom. The molecule has 0 spiro atoms. The van der Waals surface area contributed by atoms with Crippen LogP contribution in [0.1, 0.15) is 58.6 Å². The summed E-state index contributed by atoms with van der Waals surface area (Å²) in [5, 5.41) is 0. The molecule has 1 aromatic rings. The zero-order valence-corrected chi connectivity index (χ0v) is 15.4. The Labute approximate surface area is 136 Å². The second kappa shape index (κ2) is 13.4. The van der Waals surface area contributed by atoms with Crippen molar-refractivity contribution in [2.45, 2.75) is 61.3 Å². The summed E-state index contributed by atoms with van der Waals surface area (Å²) in [6, 6.07) is 5.09. The zero-order chi connectivity index (χ0) is 17.7. The van der Waals surface area contributed by atoms with Crippen molar-refractivity contribution in [1.82, 2.24) is 0 Å². The number of aryl methyl sites for hydroxylation is 2. The molecule has 0 bridgehead atoms. The quantitative estimate of drug-likeness (QED) is 0.845. The van der Waals surface area contributed by atoms with Gasteiger partial charge in [-0.2, -0.15) is 0 Å². The van der Waals surface area contributed by atoms with E-state index >= 15 is 0 Å². The fraction of sp³-hybridized carbons (Fsp3) is 0.632. The van der Waals surface area contributed by atoms with Crippen LogP contribution in [0.5, 0.6) is 0 Å². The van der Waals surface area contributed by atoms with Crippen LogP contribution in [0, 0.1) is 31.5 Å². The van der Waals surface area contributed by atoms with Gasteiger partial charge in [0.05, 0.1) is 6.54 Å². The summed E-state index contributed by atoms with van der Waals surface area (Å²) < 4.78 is 12.5. The van der Waals surface area contributed by atoms with E-state index in [0.29, 0.717) is 0 Å². The summed E-state index contributed by atoms with van der Waals surface area (Å²) in [5.74, 6) is 1.07. The Balaban J connectivity index is 0. The molecule has 0 aromatic heterocycles. The van der Waals surface area contributed by atoms with E-state index in [1.54, 1.807) is 13.0 Å². The minimum atomic E-state index is -0.124. The molecule has 2 nitrogen and oxygen atoms in total. The molecule has 2 N–H and O–H groups in total. The van der Waals surface area contributed by atoms with Gasteiger partial charge >= 0.3 is 0 Å². The van der Waals surface area contributed by atoms with Crippen molar-refractivity contribution in [2.24, 2.45) is 17.6 Å². The third-order valence-corrected chi connectivity index (χ3v) is 3.49. The predicted molar refractivity (Wildman–Crippen MR) is 94.5 cm³/mol. The molecule has 0 heterocycles. The van der Waals surface area contributed by atoms with Crippen molar-refractivity contribution >= 4 is 5.78 Å². The Morgan fingerprint density at radius 2 is 1.64 bits per heavy atom. The first kappa shape index (κ1) is 23.1. The third kappa shape index (κ3) is 12.5. The number of carbonyl (C=O) groups excluding carboxylic acids is 1. The van der Waals surface area contributed by atoms with E-state index in [-0.39, 0.29) is 24.1 Å². The molecule has 0 saturated heterocycles. The average Bonchev–Trinajstić information content (AvgIpc) is 2.50. The highest BCUT2D eigenvalue weighted by Crippen LogP contribution is 2.07. The van der Waals surface area contributed by atoms with Gasteiger partial charge in [-0.05, 0) is 37.8 Å². The van der Waals surface area contributed by atoms with Gasteiger partial charge in [0, 0.05) is 5.92 Å². The van der Waals surface area contributed by atoms with Crippen LogP contribution in [0.15, 0.2) is 18.2 Å². The number of carbonyl (C=O) groups is 1. The van der Waals surface area contributed by atoms with Crippen LogP contribution in [0.3, 0.4) is 0 Å². The van der Waals surface area contributed by atoms with Crippen LogP contribution >= 0.6 is 0 Å². The van der Waals surface area contributed by atoms with E-state index in [1.165, 1.54) is 12.5 Å². The Morgan fingerprint density at radius 3 is 1.86 bits per heavy atom. The lowest BCUT2D eigenvalue weighted by molar-refractivity contribution is -0.121. The topological polar surface area (TPSA) is 43.1 Å². The molecule has 0 saturated carbocycles. The summed E-state index contributed by atoms with van der Waals surface area (Å²) >= 11 is 0. The molecule has 1 aromatic carbocycles. The van der Waals surface area contributed by atoms with E-state index in [4.69, 9.17) is 5.73 Å². The summed E-state index contributed by atoms with van der Waals surface area (Å²) in [6.07, 6.45) is 2.20. The molecule has 128 valence electrons. The molecule has 0 radical (unpaired) electrons. The number of rotatable bonds is 4. The SMILES string of the molecule is CCC(C)C.CCC(C)C(=O)CN.Cc1ccc(F)c(C)c1. The minimum Gasteiger partial charge on any atom is -0.324 e. The molecule has 0 aliphatic rings. The molecular weight excluding hydrogens is 277 g/mol. The first-order valence-corrected chi connectivity index (χ1v) is 8.14. The molecule has 0 aliphatic carbocycles. The van der Waals surface area contributed by atoms with Gasteiger partial charge in [0.15, 0.2) is 0 Å². The lowest BCUT2D eigenvalue weighted by atomic mass is 10.0. The zero-order valence-electron chi connectivity index (χ0n) is 15.4. The van der Waals surface area contributed by atoms with Gasteiger partial charge in [-0.15, -0.1) is 0 Å². The Bertz CT molecular complexity index is 416. The van der Waals surface area contributed by atoms with Crippen LogP contribution in [0.25, 0.3) is 0 Å². The van der Waals surface area contributed by atoms with Gasteiger partial charge in [0.1, 0.15) is 11.6 Å². The van der Waals surface area contributed by atoms with Gasteiger partial charge in [-0.1, -0.05) is 58.7 Å². The minimum absolute atomic E-state index is 0.124. The van der Waals surface area contributed by atoms with Crippen LogP contribution in [0.2, 0.25) is 0 Å². The lowest BCUT2D eigenvalue weighted by Crippen LogP contribution is -2.20. The summed E-state index contributed by atoms with van der Waals surface area (Å²) in [5.41, 5.74) is 6.92. The van der Waals surface area contributed by atoms with Crippen molar-refractivity contribution in [3.63, 3.8) is 0 Å². The number of hydrogen-bond donors (Lipinski definition) is 1. The van der Waals surface area contributed by atoms with Crippen LogP contribution in [0.4, 0.5) is 4.39 Å². The van der Waals surface area contributed by atoms with Crippen LogP contribution < -0.4 is 5.73 Å². The molecule has 0 fully saturated rings. The number of nitrogens with two attached hydrogens (primary N) is 1.